The Balaban J connectivity index is 1.51. The number of aliphatic carboxylic acids is 1. The SMILES string of the molecule is NCCSCc1ncccc1SC1=C(C(=O)O)N2C(=O)[C@@H](NC(=O)C(=NO)c3nsc(N)n3)[C@H]2CC1. The Kier molecular flexibility index (Phi) is 8.07. The largest absolute Gasteiger partial charge is 0.477 e. The molecule has 1 fully saturated rings. The molecular formula is C20H22N8O5S3. The van der Waals surface area contributed by atoms with Gasteiger partial charge in [-0.25, -0.2) is 4.79 Å². The van der Waals surface area contributed by atoms with Crippen LogP contribution < -0.4 is 16.8 Å². The van der Waals surface area contributed by atoms with Gasteiger partial charge in [-0.15, -0.1) is 0 Å². The molecule has 2 aliphatic heterocycles. The molecule has 0 saturated carbocycles. The summed E-state index contributed by atoms with van der Waals surface area (Å²) >= 11 is 3.73. The summed E-state index contributed by atoms with van der Waals surface area (Å²) in [7, 11) is 0. The first kappa shape index (κ1) is 25.9. The summed E-state index contributed by atoms with van der Waals surface area (Å²) in [4.78, 5) is 48.6. The normalized spacial score (nSPS) is 19.6. The number of amides is 2. The quantitative estimate of drug-likeness (QED) is 0.0898. The van der Waals surface area contributed by atoms with Gasteiger partial charge in [-0.3, -0.25) is 19.5 Å². The number of nitrogens with zero attached hydrogens (tertiary/aromatic N) is 5. The highest BCUT2D eigenvalue weighted by Gasteiger charge is 2.54. The number of thioether (sulfide) groups is 2. The number of nitrogens with one attached hydrogen (secondary N) is 1. The molecular weight excluding hydrogens is 528 g/mol. The number of allylic oxidation sites excluding steroid dienone is 1. The summed E-state index contributed by atoms with van der Waals surface area (Å²) in [6.45, 7) is 0.546. The Morgan fingerprint density at radius 1 is 1.39 bits per heavy atom. The van der Waals surface area contributed by atoms with E-state index in [9.17, 15) is 24.7 Å². The second kappa shape index (κ2) is 11.2. The highest BCUT2D eigenvalue weighted by atomic mass is 32.2. The van der Waals surface area contributed by atoms with Gasteiger partial charge in [0.25, 0.3) is 11.8 Å². The summed E-state index contributed by atoms with van der Waals surface area (Å²) in [6.07, 6.45) is 2.50. The van der Waals surface area contributed by atoms with E-state index in [4.69, 9.17) is 11.5 Å². The van der Waals surface area contributed by atoms with Gasteiger partial charge in [0.1, 0.15) is 11.7 Å². The molecule has 190 valence electrons. The molecule has 0 spiro atoms. The molecule has 4 rings (SSSR count). The molecule has 0 bridgehead atoms. The molecule has 13 nitrogen and oxygen atoms in total. The molecule has 16 heteroatoms. The molecule has 0 aromatic carbocycles. The number of aromatic nitrogens is 3. The van der Waals surface area contributed by atoms with Gasteiger partial charge < -0.3 is 27.1 Å². The Hall–Kier alpha value is -3.21. The summed E-state index contributed by atoms with van der Waals surface area (Å²) < 4.78 is 3.83. The molecule has 0 radical (unpaired) electrons. The van der Waals surface area contributed by atoms with Crippen molar-refractivity contribution in [1.82, 2.24) is 24.6 Å². The van der Waals surface area contributed by atoms with Gasteiger partial charge in [-0.05, 0) is 25.0 Å². The molecule has 1 saturated heterocycles. The number of nitrogen functional groups attached to an aromatic ring is 1. The maximum absolute atomic E-state index is 13.0. The topological polar surface area (TPSA) is 210 Å². The molecule has 2 aromatic heterocycles. The van der Waals surface area contributed by atoms with Gasteiger partial charge in [0.2, 0.25) is 11.5 Å². The maximum Gasteiger partial charge on any atom is 0.353 e. The summed E-state index contributed by atoms with van der Waals surface area (Å²) in [6, 6.07) is 2.11. The number of anilines is 1. The van der Waals surface area contributed by atoms with Crippen LogP contribution in [0.15, 0.2) is 39.0 Å². The third kappa shape index (κ3) is 5.16. The third-order valence-electron chi connectivity index (χ3n) is 5.43. The average molecular weight is 551 g/mol. The summed E-state index contributed by atoms with van der Waals surface area (Å²) in [5.74, 6) is -1.45. The molecule has 0 unspecified atom stereocenters. The van der Waals surface area contributed by atoms with Gasteiger partial charge in [0.15, 0.2) is 5.13 Å². The number of carbonyl (C=O) groups is 3. The number of nitrogens with two attached hydrogens (primary N) is 2. The van der Waals surface area contributed by atoms with Crippen LogP contribution in [0.5, 0.6) is 0 Å². The van der Waals surface area contributed by atoms with E-state index in [0.29, 0.717) is 30.0 Å². The van der Waals surface area contributed by atoms with Crippen molar-refractivity contribution >= 4 is 63.7 Å². The van der Waals surface area contributed by atoms with Crippen molar-refractivity contribution in [3.63, 3.8) is 0 Å². The Labute approximate surface area is 217 Å². The van der Waals surface area contributed by atoms with Crippen LogP contribution in [0.1, 0.15) is 24.4 Å². The number of rotatable bonds is 10. The van der Waals surface area contributed by atoms with Crippen molar-refractivity contribution in [2.75, 3.05) is 18.0 Å². The second-order valence-electron chi connectivity index (χ2n) is 7.64. The Morgan fingerprint density at radius 3 is 2.86 bits per heavy atom. The summed E-state index contributed by atoms with van der Waals surface area (Å²) in [5.41, 5.74) is 11.3. The van der Waals surface area contributed by atoms with E-state index in [0.717, 1.165) is 27.9 Å². The highest BCUT2D eigenvalue weighted by molar-refractivity contribution is 8.03. The molecule has 2 aromatic rings. The first-order chi connectivity index (χ1) is 17.3. The first-order valence-electron chi connectivity index (χ1n) is 10.7. The standard InChI is InChI=1S/C20H22N8O5S3/c21-5-7-34-8-9-11(2-1-6-23-9)35-12-4-3-10-13(18(30)28(10)15(12)19(31)32)24-17(29)14(26-33)16-25-20(22)36-27-16/h1-2,6,10,13,33H,3-5,7-8,21H2,(H,24,29)(H,31,32)(H2,22,25,27)/t10-,13+/m1/s1. The molecule has 4 heterocycles. The fourth-order valence-corrected chi connectivity index (χ4v) is 6.29. The van der Waals surface area contributed by atoms with E-state index in [1.54, 1.807) is 24.0 Å². The van der Waals surface area contributed by atoms with Crippen LogP contribution in [0.3, 0.4) is 0 Å². The fraction of sp³-hybridized carbons (Fsp3) is 0.350. The van der Waals surface area contributed by atoms with Crippen LogP contribution in [-0.4, -0.2) is 77.4 Å². The summed E-state index contributed by atoms with van der Waals surface area (Å²) in [5, 5.41) is 24.7. The van der Waals surface area contributed by atoms with Gasteiger partial charge >= 0.3 is 5.97 Å². The van der Waals surface area contributed by atoms with Gasteiger partial charge in [-0.2, -0.15) is 21.1 Å². The molecule has 0 aliphatic carbocycles. The third-order valence-corrected chi connectivity index (χ3v) is 8.21. The lowest BCUT2D eigenvalue weighted by Gasteiger charge is -2.50. The number of pyridine rings is 1. The molecule has 7 N–H and O–H groups in total. The minimum absolute atomic E-state index is 0.0770. The number of hydrogen-bond acceptors (Lipinski definition) is 13. The van der Waals surface area contributed by atoms with Crippen molar-refractivity contribution in [1.29, 1.82) is 0 Å². The molecule has 2 amide bonds. The van der Waals surface area contributed by atoms with Crippen molar-refractivity contribution in [2.24, 2.45) is 10.9 Å². The smallest absolute Gasteiger partial charge is 0.353 e. The molecule has 2 aliphatic rings. The maximum atomic E-state index is 13.0. The zero-order valence-corrected chi connectivity index (χ0v) is 21.1. The van der Waals surface area contributed by atoms with Gasteiger partial charge in [-0.1, -0.05) is 16.9 Å². The second-order valence-corrected chi connectivity index (χ2v) is 10.7. The van der Waals surface area contributed by atoms with Crippen LogP contribution in [0.4, 0.5) is 5.13 Å². The van der Waals surface area contributed by atoms with E-state index in [1.807, 2.05) is 6.07 Å². The van der Waals surface area contributed by atoms with Crippen LogP contribution in [0, 0.1) is 0 Å². The van der Waals surface area contributed by atoms with Gasteiger partial charge in [0.05, 0.1) is 11.7 Å². The van der Waals surface area contributed by atoms with Crippen molar-refractivity contribution in [3.05, 3.63) is 40.5 Å². The zero-order chi connectivity index (χ0) is 25.8. The number of hydrogen-bond donors (Lipinski definition) is 5. The predicted molar refractivity (Wildman–Crippen MR) is 134 cm³/mol. The molecule has 36 heavy (non-hydrogen) atoms. The van der Waals surface area contributed by atoms with E-state index >= 15 is 0 Å². The minimum atomic E-state index is -1.23. The highest BCUT2D eigenvalue weighted by Crippen LogP contribution is 2.44. The minimum Gasteiger partial charge on any atom is -0.477 e. The lowest BCUT2D eigenvalue weighted by molar-refractivity contribution is -0.155. The average Bonchev–Trinajstić information content (AvgIpc) is 3.29. The van der Waals surface area contributed by atoms with E-state index in [2.05, 4.69) is 24.8 Å². The van der Waals surface area contributed by atoms with E-state index in [1.165, 1.54) is 16.7 Å². The van der Waals surface area contributed by atoms with Crippen molar-refractivity contribution in [2.45, 2.75) is 35.6 Å². The zero-order valence-electron chi connectivity index (χ0n) is 18.7. The lowest BCUT2D eigenvalue weighted by atomic mass is 9.86. The Morgan fingerprint density at radius 2 is 2.19 bits per heavy atom. The lowest BCUT2D eigenvalue weighted by Crippen LogP contribution is -2.72. The number of oxime groups is 1. The van der Waals surface area contributed by atoms with Gasteiger partial charge in [0, 0.05) is 45.6 Å². The number of carboxylic acid groups (broad SMARTS) is 1. The first-order valence-corrected chi connectivity index (χ1v) is 13.4. The van der Waals surface area contributed by atoms with Crippen LogP contribution in [-0.2, 0) is 20.1 Å². The van der Waals surface area contributed by atoms with E-state index in [-0.39, 0.29) is 16.7 Å². The monoisotopic (exact) mass is 550 g/mol. The van der Waals surface area contributed by atoms with Crippen molar-refractivity contribution < 1.29 is 24.7 Å². The van der Waals surface area contributed by atoms with E-state index < -0.39 is 35.6 Å². The van der Waals surface area contributed by atoms with Crippen LogP contribution in [0.2, 0.25) is 0 Å². The fourth-order valence-electron chi connectivity index (χ4n) is 3.87. The number of carbonyl (C=O) groups excluding carboxylic acids is 2. The predicted octanol–water partition coefficient (Wildman–Crippen LogP) is 0.463. The Bertz CT molecular complexity index is 1250. The van der Waals surface area contributed by atoms with Crippen molar-refractivity contribution in [3.8, 4) is 0 Å². The van der Waals surface area contributed by atoms with Crippen LogP contribution in [0.25, 0.3) is 0 Å². The number of fused-ring (bicyclic) bond motifs is 1. The molecule has 2 atom stereocenters. The number of β-lactam (4-membered cyclic amide) rings is 1. The van der Waals surface area contributed by atoms with Crippen LogP contribution >= 0.6 is 35.1 Å². The number of carboxylic acids is 1.